The molecule has 0 fully saturated rings. The lowest BCUT2D eigenvalue weighted by Gasteiger charge is -2.16. The number of halogens is 1. The fraction of sp³-hybridized carbons (Fsp3) is 0.333. The van der Waals surface area contributed by atoms with Gasteiger partial charge in [0.2, 0.25) is 0 Å². The van der Waals surface area contributed by atoms with E-state index >= 15 is 0 Å². The van der Waals surface area contributed by atoms with Crippen molar-refractivity contribution in [1.29, 1.82) is 0 Å². The number of aromatic hydroxyl groups is 1. The number of rotatable bonds is 5. The zero-order chi connectivity index (χ0) is 17.9. The Labute approximate surface area is 151 Å². The number of thiophene rings is 1. The summed E-state index contributed by atoms with van der Waals surface area (Å²) in [5.41, 5.74) is 4.48. The predicted molar refractivity (Wildman–Crippen MR) is 101 cm³/mol. The Bertz CT molecular complexity index is 766. The van der Waals surface area contributed by atoms with Crippen molar-refractivity contribution in [3.63, 3.8) is 0 Å². The number of hydrogen-bond donors (Lipinski definition) is 2. The molecule has 0 aliphatic carbocycles. The van der Waals surface area contributed by atoms with Gasteiger partial charge in [0.05, 0.1) is 16.1 Å². The second-order valence-corrected chi connectivity index (χ2v) is 7.90. The monoisotopic (exact) mass is 364 g/mol. The summed E-state index contributed by atoms with van der Waals surface area (Å²) in [6, 6.07) is 7.26. The average Bonchev–Trinajstić information content (AvgIpc) is 2.92. The van der Waals surface area contributed by atoms with Gasteiger partial charge in [0.25, 0.3) is 5.91 Å². The lowest BCUT2D eigenvalue weighted by molar-refractivity contribution is 0.0952. The first-order chi connectivity index (χ1) is 11.3. The number of phenols is 1. The summed E-state index contributed by atoms with van der Waals surface area (Å²) in [6.07, 6.45) is 1.53. The first-order valence-corrected chi connectivity index (χ1v) is 8.94. The molecule has 0 saturated heterocycles. The van der Waals surface area contributed by atoms with Crippen molar-refractivity contribution in [2.45, 2.75) is 39.5 Å². The summed E-state index contributed by atoms with van der Waals surface area (Å²) in [7, 11) is 0. The van der Waals surface area contributed by atoms with Crippen LogP contribution in [-0.4, -0.2) is 17.2 Å². The highest BCUT2D eigenvalue weighted by Gasteiger charge is 2.18. The van der Waals surface area contributed by atoms with Crippen LogP contribution in [0.25, 0.3) is 0 Å². The Morgan fingerprint density at radius 1 is 1.25 bits per heavy atom. The van der Waals surface area contributed by atoms with Crippen LogP contribution in [0.15, 0.2) is 29.4 Å². The standard InChI is InChI=1S/C18H21ClN2O2S/c1-10(2)12-7-14(11(3)4)17(22)15(8-12)18(23)21-20-9-13-5-6-16(19)24-13/h5-11,22H,1-4H3,(H,21,23)/b20-9+. The van der Waals surface area contributed by atoms with Crippen molar-refractivity contribution in [3.05, 3.63) is 50.2 Å². The van der Waals surface area contributed by atoms with Gasteiger partial charge in [-0.05, 0) is 41.2 Å². The number of nitrogens with one attached hydrogen (secondary N) is 1. The van der Waals surface area contributed by atoms with E-state index in [9.17, 15) is 9.90 Å². The van der Waals surface area contributed by atoms with E-state index in [0.717, 1.165) is 16.0 Å². The molecule has 4 nitrogen and oxygen atoms in total. The number of carbonyl (C=O) groups excluding carboxylic acids is 1. The van der Waals surface area contributed by atoms with Gasteiger partial charge in [0.15, 0.2) is 0 Å². The summed E-state index contributed by atoms with van der Waals surface area (Å²) in [4.78, 5) is 13.2. The number of amides is 1. The Hall–Kier alpha value is -1.85. The highest BCUT2D eigenvalue weighted by Crippen LogP contribution is 2.33. The van der Waals surface area contributed by atoms with Crippen LogP contribution in [0.4, 0.5) is 0 Å². The van der Waals surface area contributed by atoms with Crippen LogP contribution >= 0.6 is 22.9 Å². The third kappa shape index (κ3) is 4.36. The molecule has 0 unspecified atom stereocenters. The maximum Gasteiger partial charge on any atom is 0.275 e. The SMILES string of the molecule is CC(C)c1cc(C(=O)N/N=C/c2ccc(Cl)s2)c(O)c(C(C)C)c1. The molecule has 0 bridgehead atoms. The lowest BCUT2D eigenvalue weighted by atomic mass is 9.92. The van der Waals surface area contributed by atoms with Gasteiger partial charge in [-0.25, -0.2) is 5.43 Å². The van der Waals surface area contributed by atoms with E-state index in [4.69, 9.17) is 11.6 Å². The topological polar surface area (TPSA) is 61.7 Å². The molecule has 1 aromatic heterocycles. The van der Waals surface area contributed by atoms with Crippen molar-refractivity contribution in [1.82, 2.24) is 5.43 Å². The second kappa shape index (κ2) is 7.81. The molecule has 1 aromatic carbocycles. The Balaban J connectivity index is 2.26. The molecule has 0 aliphatic rings. The van der Waals surface area contributed by atoms with Crippen molar-refractivity contribution in [3.8, 4) is 5.75 Å². The van der Waals surface area contributed by atoms with Gasteiger partial charge in [0, 0.05) is 4.88 Å². The van der Waals surface area contributed by atoms with E-state index in [0.29, 0.717) is 4.34 Å². The molecule has 24 heavy (non-hydrogen) atoms. The van der Waals surface area contributed by atoms with Crippen molar-refractivity contribution < 1.29 is 9.90 Å². The third-order valence-corrected chi connectivity index (χ3v) is 4.81. The lowest BCUT2D eigenvalue weighted by Crippen LogP contribution is -2.18. The summed E-state index contributed by atoms with van der Waals surface area (Å²) in [6.45, 7) is 8.08. The summed E-state index contributed by atoms with van der Waals surface area (Å²) >= 11 is 7.22. The minimum Gasteiger partial charge on any atom is -0.507 e. The molecular weight excluding hydrogens is 344 g/mol. The van der Waals surface area contributed by atoms with Gasteiger partial charge in [-0.3, -0.25) is 4.79 Å². The van der Waals surface area contributed by atoms with Crippen molar-refractivity contribution >= 4 is 35.1 Å². The van der Waals surface area contributed by atoms with Crippen LogP contribution in [0, 0.1) is 0 Å². The highest BCUT2D eigenvalue weighted by molar-refractivity contribution is 7.17. The van der Waals surface area contributed by atoms with Gasteiger partial charge in [-0.2, -0.15) is 5.10 Å². The van der Waals surface area contributed by atoms with E-state index in [-0.39, 0.29) is 23.1 Å². The summed E-state index contributed by atoms with van der Waals surface area (Å²) in [5.74, 6) is -0.0458. The number of phenolic OH excluding ortho intramolecular Hbond substituents is 1. The van der Waals surface area contributed by atoms with E-state index in [2.05, 4.69) is 24.4 Å². The molecule has 128 valence electrons. The quantitative estimate of drug-likeness (QED) is 0.571. The van der Waals surface area contributed by atoms with Crippen LogP contribution in [-0.2, 0) is 0 Å². The number of benzene rings is 1. The normalized spacial score (nSPS) is 11.6. The maximum atomic E-state index is 12.4. The van der Waals surface area contributed by atoms with Crippen LogP contribution < -0.4 is 5.43 Å². The minimum absolute atomic E-state index is 0.0151. The van der Waals surface area contributed by atoms with Gasteiger partial charge in [-0.1, -0.05) is 45.4 Å². The molecule has 2 rings (SSSR count). The highest BCUT2D eigenvalue weighted by atomic mass is 35.5. The first kappa shape index (κ1) is 18.5. The summed E-state index contributed by atoms with van der Waals surface area (Å²) in [5, 5.41) is 14.4. The molecule has 0 radical (unpaired) electrons. The Morgan fingerprint density at radius 2 is 1.96 bits per heavy atom. The molecule has 0 spiro atoms. The molecule has 6 heteroatoms. The second-order valence-electron chi connectivity index (χ2n) is 6.16. The number of hydrogen-bond acceptors (Lipinski definition) is 4. The summed E-state index contributed by atoms with van der Waals surface area (Å²) < 4.78 is 0.659. The van der Waals surface area contributed by atoms with E-state index < -0.39 is 5.91 Å². The van der Waals surface area contributed by atoms with Gasteiger partial charge < -0.3 is 5.11 Å². The number of nitrogens with zero attached hydrogens (tertiary/aromatic N) is 1. The molecule has 0 atom stereocenters. The third-order valence-electron chi connectivity index (χ3n) is 3.65. The molecule has 0 aliphatic heterocycles. The van der Waals surface area contributed by atoms with Crippen LogP contribution in [0.1, 0.15) is 65.9 Å². The first-order valence-electron chi connectivity index (χ1n) is 7.75. The van der Waals surface area contributed by atoms with E-state index in [1.807, 2.05) is 26.0 Å². The van der Waals surface area contributed by atoms with Crippen LogP contribution in [0.5, 0.6) is 5.75 Å². The Kier molecular flexibility index (Phi) is 6.02. The van der Waals surface area contributed by atoms with Crippen molar-refractivity contribution in [2.24, 2.45) is 5.10 Å². The number of carbonyl (C=O) groups is 1. The fourth-order valence-electron chi connectivity index (χ4n) is 2.24. The van der Waals surface area contributed by atoms with Crippen LogP contribution in [0.3, 0.4) is 0 Å². The smallest absolute Gasteiger partial charge is 0.275 e. The van der Waals surface area contributed by atoms with Gasteiger partial charge >= 0.3 is 0 Å². The van der Waals surface area contributed by atoms with Crippen molar-refractivity contribution in [2.75, 3.05) is 0 Å². The molecule has 1 amide bonds. The maximum absolute atomic E-state index is 12.4. The zero-order valence-corrected chi connectivity index (χ0v) is 15.7. The zero-order valence-electron chi connectivity index (χ0n) is 14.1. The van der Waals surface area contributed by atoms with Gasteiger partial charge in [0.1, 0.15) is 5.75 Å². The molecular formula is C18H21ClN2O2S. The van der Waals surface area contributed by atoms with E-state index in [1.54, 1.807) is 12.1 Å². The fourth-order valence-corrected chi connectivity index (χ4v) is 3.17. The average molecular weight is 365 g/mol. The molecule has 0 saturated carbocycles. The molecule has 2 aromatic rings. The predicted octanol–water partition coefficient (Wildman–Crippen LogP) is 5.12. The molecule has 1 heterocycles. The molecule has 2 N–H and O–H groups in total. The minimum atomic E-state index is -0.434. The largest absolute Gasteiger partial charge is 0.507 e. The van der Waals surface area contributed by atoms with E-state index in [1.165, 1.54) is 17.6 Å². The Morgan fingerprint density at radius 3 is 2.50 bits per heavy atom. The van der Waals surface area contributed by atoms with Crippen LogP contribution in [0.2, 0.25) is 4.34 Å². The number of hydrazone groups is 1. The van der Waals surface area contributed by atoms with Gasteiger partial charge in [-0.15, -0.1) is 11.3 Å².